The number of ether oxygens (including phenoxy) is 14. The van der Waals surface area contributed by atoms with Crippen molar-refractivity contribution in [1.82, 2.24) is 0 Å². The lowest BCUT2D eigenvalue weighted by Crippen LogP contribution is -2.70. The number of hydrogen-bond donors (Lipinski definition) is 0. The van der Waals surface area contributed by atoms with Gasteiger partial charge in [-0.05, 0) is 37.8 Å². The van der Waals surface area contributed by atoms with Crippen molar-refractivity contribution in [3.8, 4) is 5.75 Å². The van der Waals surface area contributed by atoms with Gasteiger partial charge in [-0.25, -0.2) is 4.39 Å². The molecule has 8 aliphatic rings. The molecule has 1 aromatic carbocycles. The molecule has 0 saturated carbocycles. The van der Waals surface area contributed by atoms with E-state index in [1.165, 1.54) is 19.3 Å². The Bertz CT molecular complexity index is 1520. The summed E-state index contributed by atoms with van der Waals surface area (Å²) < 4.78 is 207. The summed E-state index contributed by atoms with van der Waals surface area (Å²) in [7, 11) is 1.66. The van der Waals surface area contributed by atoms with Crippen molar-refractivity contribution in [3.05, 3.63) is 43.0 Å². The van der Waals surface area contributed by atoms with Crippen LogP contribution >= 0.6 is 11.6 Å². The Morgan fingerprint density at radius 2 is 1.08 bits per heavy atom. The Balaban J connectivity index is 0.000000232. The lowest BCUT2D eigenvalue weighted by Gasteiger charge is -2.39. The van der Waals surface area contributed by atoms with Crippen LogP contribution in [0.1, 0.15) is 39.0 Å². The third-order valence-corrected chi connectivity index (χ3v) is 10.4. The molecule has 0 amide bonds. The zero-order valence-electron chi connectivity index (χ0n) is 40.3. The molecule has 26 heteroatoms. The van der Waals surface area contributed by atoms with Crippen molar-refractivity contribution in [1.29, 1.82) is 0 Å². The first-order valence-corrected chi connectivity index (χ1v) is 23.9. The van der Waals surface area contributed by atoms with E-state index in [0.29, 0.717) is 95.4 Å². The Morgan fingerprint density at radius 1 is 0.597 bits per heavy atom. The summed E-state index contributed by atoms with van der Waals surface area (Å²) in [5.74, 6) is -11.3. The zero-order chi connectivity index (χ0) is 53.1. The third kappa shape index (κ3) is 28.1. The molecule has 14 nitrogen and oxygen atoms in total. The van der Waals surface area contributed by atoms with Gasteiger partial charge in [0.2, 0.25) is 0 Å². The largest absolute Gasteiger partial charge is 0.491 e. The predicted molar refractivity (Wildman–Crippen MR) is 236 cm³/mol. The molecule has 0 bridgehead atoms. The van der Waals surface area contributed by atoms with Crippen LogP contribution in [0.3, 0.4) is 0 Å². The molecule has 0 N–H and O–H groups in total. The molecule has 0 radical (unpaired) electrons. The van der Waals surface area contributed by atoms with Crippen molar-refractivity contribution in [2.24, 2.45) is 0 Å². The number of para-hydroxylation sites is 1. The number of alkyl halides is 12. The molecule has 0 spiro atoms. The molecule has 8 aliphatic heterocycles. The fourth-order valence-corrected chi connectivity index (χ4v) is 5.29. The molecular weight excluding hydrogens is 1020 g/mol. The van der Waals surface area contributed by atoms with E-state index in [-0.39, 0.29) is 6.29 Å². The van der Waals surface area contributed by atoms with Gasteiger partial charge in [-0.3, -0.25) is 0 Å². The van der Waals surface area contributed by atoms with Crippen molar-refractivity contribution >= 4 is 11.6 Å². The molecule has 72 heavy (non-hydrogen) atoms. The van der Waals surface area contributed by atoms with Gasteiger partial charge in [0.25, 0.3) is 0 Å². The van der Waals surface area contributed by atoms with Gasteiger partial charge < -0.3 is 66.3 Å². The number of methoxy groups -OCH3 is 1. The first kappa shape index (κ1) is 64.0. The lowest BCUT2D eigenvalue weighted by atomic mass is 9.88. The fourth-order valence-electron chi connectivity index (χ4n) is 5.11. The summed E-state index contributed by atoms with van der Waals surface area (Å²) >= 11 is 5.27. The maximum absolute atomic E-state index is 13.0. The van der Waals surface area contributed by atoms with E-state index < -0.39 is 49.0 Å². The highest BCUT2D eigenvalue weighted by molar-refractivity contribution is 6.18. The van der Waals surface area contributed by atoms with Crippen LogP contribution in [0.5, 0.6) is 5.75 Å². The normalized spacial score (nSPS) is 26.1. The minimum Gasteiger partial charge on any atom is -0.491 e. The van der Waals surface area contributed by atoms with Gasteiger partial charge in [-0.2, -0.15) is 43.9 Å². The van der Waals surface area contributed by atoms with Crippen LogP contribution in [0.25, 0.3) is 0 Å². The van der Waals surface area contributed by atoms with E-state index in [1.54, 1.807) is 13.2 Å². The van der Waals surface area contributed by atoms with Crippen LogP contribution in [-0.2, 0) is 61.6 Å². The maximum Gasteiger partial charge on any atom is 0.438 e. The van der Waals surface area contributed by atoms with Crippen LogP contribution in [0.4, 0.5) is 48.3 Å². The fraction of sp³-hybridized carbons (Fsp3) is 0.826. The first-order valence-electron chi connectivity index (χ1n) is 23.4. The van der Waals surface area contributed by atoms with Crippen LogP contribution in [0.15, 0.2) is 43.0 Å². The van der Waals surface area contributed by atoms with Crippen molar-refractivity contribution in [3.63, 3.8) is 0 Å². The summed E-state index contributed by atoms with van der Waals surface area (Å²) in [6.07, 6.45) is -9.43. The molecule has 0 aromatic heterocycles. The van der Waals surface area contributed by atoms with E-state index in [0.717, 1.165) is 65.0 Å². The van der Waals surface area contributed by atoms with Gasteiger partial charge in [0.05, 0.1) is 123 Å². The minimum atomic E-state index is -7.37. The van der Waals surface area contributed by atoms with E-state index in [2.05, 4.69) is 18.2 Å². The topological polar surface area (TPSA) is 152 Å². The molecule has 1 aromatic rings. The molecular formula is C46H68ClF11O14. The zero-order valence-corrected chi connectivity index (χ0v) is 41.1. The van der Waals surface area contributed by atoms with Crippen LogP contribution in [0, 0.1) is 0 Å². The average Bonchev–Trinajstić information content (AvgIpc) is 4.14. The standard InChI is InChI=1S/C9H10O2.C8H5F11O.C8H16O4.C8H14O3.C6H10O2.C4H8O.C3H5ClO/c1-2-4-8(5-3-1)10-6-9-7-11-9;9-4(10,1-3-2-20-3)6(12,13)5(11,7(14,15)16)8(17,18)19;1-9-2-3-10-4-5-11-6-8-7-12-8;1-2-4-9-8(3-1)11-6-7-5-10-7;1-2-3-7-4-6-5-8-6;1-2-4-3-5-4;4-1-3-2-5-3/h1-5,9H,6-7H2;3H,1-2H2;8H,2-7H2,1H3;7-8H,1-6H2;2,6H,1,3-5H2;4H,2-3H2,1H3;3H,1-2H2. The van der Waals surface area contributed by atoms with Gasteiger partial charge >= 0.3 is 29.9 Å². The molecule has 420 valence electrons. The highest BCUT2D eigenvalue weighted by Gasteiger charge is 2.90. The average molecular weight is 1090 g/mol. The van der Waals surface area contributed by atoms with Gasteiger partial charge in [0.1, 0.15) is 36.8 Å². The predicted octanol–water partition coefficient (Wildman–Crippen LogP) is 8.34. The first-order chi connectivity index (χ1) is 34.2. The highest BCUT2D eigenvalue weighted by atomic mass is 35.5. The molecule has 8 atom stereocenters. The van der Waals surface area contributed by atoms with E-state index >= 15 is 0 Å². The molecule has 8 unspecified atom stereocenters. The Kier molecular flexibility index (Phi) is 29.4. The summed E-state index contributed by atoms with van der Waals surface area (Å²) in [5, 5.41) is 0. The van der Waals surface area contributed by atoms with Crippen LogP contribution < -0.4 is 4.74 Å². The summed E-state index contributed by atoms with van der Waals surface area (Å²) in [6.45, 7) is 17.3. The number of benzene rings is 1. The van der Waals surface area contributed by atoms with Crippen molar-refractivity contribution in [2.45, 2.75) is 118 Å². The smallest absolute Gasteiger partial charge is 0.438 e. The van der Waals surface area contributed by atoms with E-state index in [9.17, 15) is 48.3 Å². The molecule has 0 aliphatic carbocycles. The quantitative estimate of drug-likeness (QED) is 0.0321. The van der Waals surface area contributed by atoms with Gasteiger partial charge in [0.15, 0.2) is 6.29 Å². The van der Waals surface area contributed by atoms with E-state index in [1.807, 2.05) is 30.3 Å². The third-order valence-electron chi connectivity index (χ3n) is 10.0. The SMILES string of the molecule is C1CCC(OCC2CO2)OC1.C=CCOCC1CO1.CCC1CO1.COCCOCCOCC1CO1.ClCC1CO1.FC(F)(F)C(F)(C(F)(F)F)C(F)(F)C(F)(F)CC1CO1.c1ccc(OCC2CO2)cc1. The minimum absolute atomic E-state index is 0.0490. The lowest BCUT2D eigenvalue weighted by molar-refractivity contribution is -0.427. The summed E-state index contributed by atoms with van der Waals surface area (Å²) in [4.78, 5) is 0. The Morgan fingerprint density at radius 3 is 1.50 bits per heavy atom. The van der Waals surface area contributed by atoms with Gasteiger partial charge in [-0.1, -0.05) is 31.2 Å². The Labute approximate surface area is 417 Å². The number of rotatable bonds is 24. The summed E-state index contributed by atoms with van der Waals surface area (Å²) in [5.41, 5.74) is -7.37. The molecule has 8 fully saturated rings. The number of halogens is 12. The van der Waals surface area contributed by atoms with Crippen molar-refractivity contribution in [2.75, 3.05) is 125 Å². The van der Waals surface area contributed by atoms with Gasteiger partial charge in [0, 0.05) is 20.1 Å². The van der Waals surface area contributed by atoms with E-state index in [4.69, 9.17) is 73.2 Å². The second-order valence-electron chi connectivity index (χ2n) is 16.6. The highest BCUT2D eigenvalue weighted by Crippen LogP contribution is 2.60. The van der Waals surface area contributed by atoms with Crippen molar-refractivity contribution < 1.29 is 115 Å². The molecule has 9 rings (SSSR count). The maximum atomic E-state index is 13.0. The second kappa shape index (κ2) is 33.0. The van der Waals surface area contributed by atoms with Gasteiger partial charge in [-0.15, -0.1) is 18.2 Å². The number of hydrogen-bond acceptors (Lipinski definition) is 14. The van der Waals surface area contributed by atoms with Crippen LogP contribution in [-0.4, -0.2) is 204 Å². The Hall–Kier alpha value is -2.24. The number of epoxide rings is 7. The van der Waals surface area contributed by atoms with Crippen LogP contribution in [0.2, 0.25) is 0 Å². The monoisotopic (exact) mass is 1090 g/mol. The molecule has 8 heterocycles. The molecule has 8 saturated heterocycles. The second-order valence-corrected chi connectivity index (χ2v) is 17.0. The summed E-state index contributed by atoms with van der Waals surface area (Å²) in [6, 6.07) is 9.79.